The monoisotopic (exact) mass is 602 g/mol. The molecular formula is C35H42N2O7. The first-order chi connectivity index (χ1) is 21.3. The molecule has 0 aliphatic rings. The molecule has 3 rings (SSSR count). The van der Waals surface area contributed by atoms with Crippen molar-refractivity contribution in [3.63, 3.8) is 0 Å². The highest BCUT2D eigenvalue weighted by Crippen LogP contribution is 2.20. The Morgan fingerprint density at radius 2 is 1.25 bits per heavy atom. The number of hydrogen-bond donors (Lipinski definition) is 2. The summed E-state index contributed by atoms with van der Waals surface area (Å²) in [5, 5.41) is 0. The standard InChI is InChI=1S/C35H42N2O7/c1-2-3-10-33(38)43-31-16-18-32(19-17-31)44-34(39)20-13-26-11-14-30(15-12-26)41-21-8-6-4-5-7-9-22-42-35(40)27-23-28(36)25-29(37)24-27/h11-20,23-25H,2-10,21-22,36-37H2,1H3/b20-13+. The van der Waals surface area contributed by atoms with Gasteiger partial charge in [-0.15, -0.1) is 0 Å². The van der Waals surface area contributed by atoms with Crippen molar-refractivity contribution in [1.29, 1.82) is 0 Å². The molecule has 0 aliphatic heterocycles. The van der Waals surface area contributed by atoms with E-state index in [9.17, 15) is 14.4 Å². The van der Waals surface area contributed by atoms with Crippen LogP contribution in [0, 0.1) is 0 Å². The van der Waals surface area contributed by atoms with Crippen molar-refractivity contribution in [3.05, 3.63) is 83.9 Å². The van der Waals surface area contributed by atoms with Crippen molar-refractivity contribution in [1.82, 2.24) is 0 Å². The average Bonchev–Trinajstić information content (AvgIpc) is 3.01. The first-order valence-electron chi connectivity index (χ1n) is 15.1. The molecule has 9 nitrogen and oxygen atoms in total. The SMILES string of the molecule is CCCCC(=O)Oc1ccc(OC(=O)/C=C/c2ccc(OCCCCCCCCOC(=O)c3cc(N)cc(N)c3)cc2)cc1. The molecule has 0 heterocycles. The molecule has 0 saturated heterocycles. The summed E-state index contributed by atoms with van der Waals surface area (Å²) < 4.78 is 21.7. The number of benzene rings is 3. The van der Waals surface area contributed by atoms with Crippen molar-refractivity contribution in [2.45, 2.75) is 64.7 Å². The third kappa shape index (κ3) is 13.0. The van der Waals surface area contributed by atoms with Crippen molar-refractivity contribution in [2.75, 3.05) is 24.7 Å². The number of nitrogens with two attached hydrogens (primary N) is 2. The van der Waals surface area contributed by atoms with Crippen LogP contribution in [0.2, 0.25) is 0 Å². The first-order valence-corrected chi connectivity index (χ1v) is 15.1. The minimum Gasteiger partial charge on any atom is -0.494 e. The van der Waals surface area contributed by atoms with Gasteiger partial charge in [0.1, 0.15) is 17.2 Å². The van der Waals surface area contributed by atoms with E-state index in [0.717, 1.165) is 62.7 Å². The number of carbonyl (C=O) groups is 3. The van der Waals surface area contributed by atoms with E-state index in [4.69, 9.17) is 30.4 Å². The first kappa shape index (κ1) is 33.7. The number of hydrogen-bond acceptors (Lipinski definition) is 9. The highest BCUT2D eigenvalue weighted by Gasteiger charge is 2.09. The van der Waals surface area contributed by atoms with Gasteiger partial charge in [-0.25, -0.2) is 9.59 Å². The molecule has 0 radical (unpaired) electrons. The fourth-order valence-electron chi connectivity index (χ4n) is 4.21. The summed E-state index contributed by atoms with van der Waals surface area (Å²) in [6.07, 6.45) is 11.0. The van der Waals surface area contributed by atoms with E-state index in [2.05, 4.69) is 0 Å². The van der Waals surface area contributed by atoms with Gasteiger partial charge in [-0.3, -0.25) is 4.79 Å². The minimum atomic E-state index is -0.512. The van der Waals surface area contributed by atoms with Crippen LogP contribution in [-0.2, 0) is 14.3 Å². The fourth-order valence-corrected chi connectivity index (χ4v) is 4.21. The molecule has 234 valence electrons. The van der Waals surface area contributed by atoms with E-state index >= 15 is 0 Å². The number of rotatable bonds is 18. The van der Waals surface area contributed by atoms with Crippen LogP contribution >= 0.6 is 0 Å². The van der Waals surface area contributed by atoms with Crippen LogP contribution in [0.1, 0.15) is 80.6 Å². The molecule has 0 aliphatic carbocycles. The number of carbonyl (C=O) groups excluding carboxylic acids is 3. The number of ether oxygens (including phenoxy) is 4. The van der Waals surface area contributed by atoms with Crippen LogP contribution in [0.3, 0.4) is 0 Å². The molecule has 0 amide bonds. The largest absolute Gasteiger partial charge is 0.494 e. The molecular weight excluding hydrogens is 560 g/mol. The van der Waals surface area contributed by atoms with E-state index in [0.29, 0.717) is 48.1 Å². The van der Waals surface area contributed by atoms with Crippen LogP contribution < -0.4 is 25.7 Å². The Morgan fingerprint density at radius 3 is 1.89 bits per heavy atom. The van der Waals surface area contributed by atoms with Gasteiger partial charge in [0.15, 0.2) is 0 Å². The Kier molecular flexibility index (Phi) is 14.3. The Morgan fingerprint density at radius 1 is 0.682 bits per heavy atom. The molecule has 0 aromatic heterocycles. The van der Waals surface area contributed by atoms with Crippen LogP contribution in [-0.4, -0.2) is 31.1 Å². The van der Waals surface area contributed by atoms with Crippen LogP contribution in [0.5, 0.6) is 17.2 Å². The predicted molar refractivity (Wildman–Crippen MR) is 171 cm³/mol. The molecule has 0 spiro atoms. The molecule has 0 unspecified atom stereocenters. The number of anilines is 2. The molecule has 0 saturated carbocycles. The summed E-state index contributed by atoms with van der Waals surface area (Å²) in [5.74, 6) is 0.346. The zero-order valence-electron chi connectivity index (χ0n) is 25.3. The molecule has 0 fully saturated rings. The van der Waals surface area contributed by atoms with Gasteiger partial charge in [-0.2, -0.15) is 0 Å². The second kappa shape index (κ2) is 18.7. The third-order valence-electron chi connectivity index (χ3n) is 6.55. The summed E-state index contributed by atoms with van der Waals surface area (Å²) >= 11 is 0. The predicted octanol–water partition coefficient (Wildman–Crippen LogP) is 7.14. The van der Waals surface area contributed by atoms with Crippen LogP contribution in [0.25, 0.3) is 6.08 Å². The Balaban J connectivity index is 1.23. The lowest BCUT2D eigenvalue weighted by Crippen LogP contribution is -2.07. The lowest BCUT2D eigenvalue weighted by Gasteiger charge is -2.07. The van der Waals surface area contributed by atoms with E-state index in [1.54, 1.807) is 48.5 Å². The molecule has 0 bridgehead atoms. The van der Waals surface area contributed by atoms with Crippen molar-refractivity contribution >= 4 is 35.4 Å². The zero-order valence-corrected chi connectivity index (χ0v) is 25.3. The summed E-state index contributed by atoms with van der Waals surface area (Å²) in [4.78, 5) is 36.0. The van der Waals surface area contributed by atoms with E-state index in [-0.39, 0.29) is 5.97 Å². The summed E-state index contributed by atoms with van der Waals surface area (Å²) in [5.41, 5.74) is 13.5. The third-order valence-corrected chi connectivity index (χ3v) is 6.55. The molecule has 44 heavy (non-hydrogen) atoms. The molecule has 4 N–H and O–H groups in total. The molecule has 9 heteroatoms. The maximum atomic E-state index is 12.2. The normalized spacial score (nSPS) is 10.8. The van der Waals surface area contributed by atoms with Gasteiger partial charge in [0.05, 0.1) is 18.8 Å². The van der Waals surface area contributed by atoms with Gasteiger partial charge < -0.3 is 30.4 Å². The number of esters is 3. The van der Waals surface area contributed by atoms with Crippen molar-refractivity contribution < 1.29 is 33.3 Å². The molecule has 0 atom stereocenters. The topological polar surface area (TPSA) is 140 Å². The summed E-state index contributed by atoms with van der Waals surface area (Å²) in [6, 6.07) is 18.6. The quantitative estimate of drug-likeness (QED) is 0.0511. The van der Waals surface area contributed by atoms with Gasteiger partial charge in [0, 0.05) is 23.9 Å². The van der Waals surface area contributed by atoms with Crippen LogP contribution in [0.15, 0.2) is 72.8 Å². The Bertz CT molecular complexity index is 1350. The lowest BCUT2D eigenvalue weighted by atomic mass is 10.1. The second-order valence-electron chi connectivity index (χ2n) is 10.4. The summed E-state index contributed by atoms with van der Waals surface area (Å²) in [7, 11) is 0. The van der Waals surface area contributed by atoms with Gasteiger partial charge in [-0.1, -0.05) is 51.2 Å². The zero-order chi connectivity index (χ0) is 31.6. The maximum absolute atomic E-state index is 12.2. The summed E-state index contributed by atoms with van der Waals surface area (Å²) in [6.45, 7) is 3.01. The highest BCUT2D eigenvalue weighted by atomic mass is 16.5. The lowest BCUT2D eigenvalue weighted by molar-refractivity contribution is -0.134. The van der Waals surface area contributed by atoms with E-state index in [1.165, 1.54) is 6.08 Å². The van der Waals surface area contributed by atoms with Gasteiger partial charge in [-0.05, 0) is 85.5 Å². The minimum absolute atomic E-state index is 0.278. The number of unbranched alkanes of at least 4 members (excludes halogenated alkanes) is 6. The highest BCUT2D eigenvalue weighted by molar-refractivity contribution is 5.91. The second-order valence-corrected chi connectivity index (χ2v) is 10.4. The van der Waals surface area contributed by atoms with Crippen molar-refractivity contribution in [3.8, 4) is 17.2 Å². The van der Waals surface area contributed by atoms with Gasteiger partial charge >= 0.3 is 17.9 Å². The molecule has 3 aromatic carbocycles. The van der Waals surface area contributed by atoms with E-state index in [1.807, 2.05) is 31.2 Å². The Labute approximate surface area is 259 Å². The number of nitrogen functional groups attached to an aromatic ring is 2. The fraction of sp³-hybridized carbons (Fsp3) is 0.343. The van der Waals surface area contributed by atoms with Gasteiger partial charge in [0.25, 0.3) is 0 Å². The Hall–Kier alpha value is -4.79. The van der Waals surface area contributed by atoms with Crippen LogP contribution in [0.4, 0.5) is 11.4 Å². The van der Waals surface area contributed by atoms with E-state index < -0.39 is 11.9 Å². The van der Waals surface area contributed by atoms with Gasteiger partial charge in [0.2, 0.25) is 0 Å². The maximum Gasteiger partial charge on any atom is 0.338 e. The molecule has 3 aromatic rings. The smallest absolute Gasteiger partial charge is 0.338 e. The average molecular weight is 603 g/mol. The van der Waals surface area contributed by atoms with Crippen molar-refractivity contribution in [2.24, 2.45) is 0 Å².